The van der Waals surface area contributed by atoms with Crippen molar-refractivity contribution in [2.75, 3.05) is 5.32 Å². The maximum atomic E-state index is 12.1. The Bertz CT molecular complexity index is 965. The summed E-state index contributed by atoms with van der Waals surface area (Å²) >= 11 is 1.54. The third-order valence-corrected chi connectivity index (χ3v) is 4.38. The van der Waals surface area contributed by atoms with E-state index in [9.17, 15) is 4.79 Å². The van der Waals surface area contributed by atoms with Crippen molar-refractivity contribution in [1.29, 1.82) is 0 Å². The summed E-state index contributed by atoms with van der Waals surface area (Å²) in [6, 6.07) is 11.3. The number of nitrogens with zero attached hydrogens (tertiary/aromatic N) is 4. The van der Waals surface area contributed by atoms with Crippen LogP contribution in [0.15, 0.2) is 61.2 Å². The van der Waals surface area contributed by atoms with E-state index in [0.717, 1.165) is 20.9 Å². The molecule has 0 fully saturated rings. The van der Waals surface area contributed by atoms with Gasteiger partial charge in [-0.3, -0.25) is 9.78 Å². The van der Waals surface area contributed by atoms with Crippen molar-refractivity contribution in [2.24, 2.45) is 0 Å². The molecule has 4 rings (SSSR count). The fourth-order valence-electron chi connectivity index (χ4n) is 2.20. The van der Waals surface area contributed by atoms with Crippen LogP contribution in [-0.4, -0.2) is 25.8 Å². The molecule has 7 heteroatoms. The Hall–Kier alpha value is -3.19. The van der Waals surface area contributed by atoms with E-state index in [1.807, 2.05) is 36.4 Å². The summed E-state index contributed by atoms with van der Waals surface area (Å²) in [6.07, 6.45) is 6.20. The van der Waals surface area contributed by atoms with Crippen molar-refractivity contribution < 1.29 is 4.79 Å². The Labute approximate surface area is 141 Å². The van der Waals surface area contributed by atoms with Crippen LogP contribution in [0.5, 0.6) is 0 Å². The van der Waals surface area contributed by atoms with E-state index in [0.29, 0.717) is 5.69 Å². The summed E-state index contributed by atoms with van der Waals surface area (Å²) in [5, 5.41) is 3.69. The number of carbonyl (C=O) groups is 1. The van der Waals surface area contributed by atoms with Crippen LogP contribution in [-0.2, 0) is 0 Å². The molecule has 1 aromatic carbocycles. The van der Waals surface area contributed by atoms with Crippen LogP contribution >= 0.6 is 11.3 Å². The molecule has 0 saturated carbocycles. The van der Waals surface area contributed by atoms with Crippen LogP contribution in [0, 0.1) is 0 Å². The number of hydrogen-bond donors (Lipinski definition) is 1. The molecule has 3 heterocycles. The van der Waals surface area contributed by atoms with E-state index in [1.54, 1.807) is 6.20 Å². The van der Waals surface area contributed by atoms with Crippen molar-refractivity contribution in [3.8, 4) is 10.6 Å². The maximum Gasteiger partial charge on any atom is 0.275 e. The van der Waals surface area contributed by atoms with Gasteiger partial charge in [0.25, 0.3) is 5.91 Å². The highest BCUT2D eigenvalue weighted by Crippen LogP contribution is 2.29. The summed E-state index contributed by atoms with van der Waals surface area (Å²) in [4.78, 5) is 29.7. The van der Waals surface area contributed by atoms with Crippen molar-refractivity contribution in [3.05, 3.63) is 66.9 Å². The van der Waals surface area contributed by atoms with Crippen LogP contribution in [0.3, 0.4) is 0 Å². The molecule has 0 unspecified atom stereocenters. The maximum absolute atomic E-state index is 12.1. The number of hydrogen-bond acceptors (Lipinski definition) is 6. The van der Waals surface area contributed by atoms with Crippen LogP contribution in [0.25, 0.3) is 20.9 Å². The molecule has 0 atom stereocenters. The zero-order valence-electron chi connectivity index (χ0n) is 12.4. The molecule has 0 aliphatic carbocycles. The number of amides is 1. The molecule has 0 saturated heterocycles. The Morgan fingerprint density at radius 1 is 1.00 bits per heavy atom. The summed E-state index contributed by atoms with van der Waals surface area (Å²) in [7, 11) is 0. The first-order chi connectivity index (χ1) is 11.8. The van der Waals surface area contributed by atoms with Crippen LogP contribution < -0.4 is 5.32 Å². The van der Waals surface area contributed by atoms with Crippen molar-refractivity contribution in [3.63, 3.8) is 0 Å². The Morgan fingerprint density at radius 2 is 1.88 bits per heavy atom. The van der Waals surface area contributed by atoms with Gasteiger partial charge in [-0.05, 0) is 36.4 Å². The molecule has 0 aliphatic rings. The van der Waals surface area contributed by atoms with E-state index in [4.69, 9.17) is 0 Å². The van der Waals surface area contributed by atoms with Gasteiger partial charge in [0.15, 0.2) is 0 Å². The van der Waals surface area contributed by atoms with E-state index < -0.39 is 0 Å². The van der Waals surface area contributed by atoms with Gasteiger partial charge in [-0.1, -0.05) is 11.3 Å². The number of carbonyl (C=O) groups excluding carboxylic acids is 1. The number of pyridine rings is 1. The Morgan fingerprint density at radius 3 is 2.62 bits per heavy atom. The highest BCUT2D eigenvalue weighted by Gasteiger charge is 2.09. The lowest BCUT2D eigenvalue weighted by molar-refractivity contribution is 0.102. The fourth-order valence-corrected chi connectivity index (χ4v) is 3.11. The number of thiazole rings is 1. The molecular weight excluding hydrogens is 322 g/mol. The van der Waals surface area contributed by atoms with Crippen molar-refractivity contribution in [2.45, 2.75) is 0 Å². The largest absolute Gasteiger partial charge is 0.321 e. The van der Waals surface area contributed by atoms with Crippen LogP contribution in [0.2, 0.25) is 0 Å². The number of fused-ring (bicyclic) bond motifs is 1. The first-order valence-electron chi connectivity index (χ1n) is 7.19. The second-order valence-electron chi connectivity index (χ2n) is 4.97. The van der Waals surface area contributed by atoms with Gasteiger partial charge in [0.05, 0.1) is 6.20 Å². The topological polar surface area (TPSA) is 80.7 Å². The van der Waals surface area contributed by atoms with Crippen LogP contribution in [0.4, 0.5) is 5.69 Å². The molecule has 3 aromatic heterocycles. The smallest absolute Gasteiger partial charge is 0.275 e. The normalized spacial score (nSPS) is 10.7. The van der Waals surface area contributed by atoms with Gasteiger partial charge in [-0.2, -0.15) is 0 Å². The number of aromatic nitrogens is 4. The molecule has 0 radical (unpaired) electrons. The predicted molar refractivity (Wildman–Crippen MR) is 92.8 cm³/mol. The van der Waals surface area contributed by atoms with Gasteiger partial charge in [0.1, 0.15) is 21.0 Å². The van der Waals surface area contributed by atoms with E-state index >= 15 is 0 Å². The zero-order valence-corrected chi connectivity index (χ0v) is 13.2. The van der Waals surface area contributed by atoms with Gasteiger partial charge in [-0.25, -0.2) is 15.0 Å². The predicted octanol–water partition coefficient (Wildman–Crippen LogP) is 3.40. The van der Waals surface area contributed by atoms with Crippen molar-refractivity contribution in [1.82, 2.24) is 19.9 Å². The highest BCUT2D eigenvalue weighted by molar-refractivity contribution is 7.21. The first-order valence-corrected chi connectivity index (χ1v) is 8.00. The molecule has 24 heavy (non-hydrogen) atoms. The molecule has 116 valence electrons. The molecule has 0 aliphatic heterocycles. The Balaban J connectivity index is 1.55. The van der Waals surface area contributed by atoms with Gasteiger partial charge in [-0.15, -0.1) is 0 Å². The van der Waals surface area contributed by atoms with Gasteiger partial charge in [0.2, 0.25) is 0 Å². The molecule has 6 nitrogen and oxygen atoms in total. The van der Waals surface area contributed by atoms with Crippen molar-refractivity contribution >= 4 is 33.3 Å². The molecule has 1 N–H and O–H groups in total. The van der Waals surface area contributed by atoms with E-state index in [-0.39, 0.29) is 11.6 Å². The Kier molecular flexibility index (Phi) is 3.68. The summed E-state index contributed by atoms with van der Waals surface area (Å²) in [5.74, 6) is -0.292. The minimum atomic E-state index is -0.292. The molecule has 1 amide bonds. The number of nitrogens with one attached hydrogen (secondary N) is 1. The number of benzene rings is 1. The van der Waals surface area contributed by atoms with Crippen LogP contribution in [0.1, 0.15) is 10.5 Å². The lowest BCUT2D eigenvalue weighted by Crippen LogP contribution is -2.13. The number of rotatable bonds is 3. The monoisotopic (exact) mass is 333 g/mol. The average Bonchev–Trinajstić information content (AvgIpc) is 3.07. The molecular formula is C17H11N5OS. The molecule has 0 bridgehead atoms. The van der Waals surface area contributed by atoms with E-state index in [2.05, 4.69) is 25.3 Å². The summed E-state index contributed by atoms with van der Waals surface area (Å²) in [6.45, 7) is 0. The molecule has 4 aromatic rings. The van der Waals surface area contributed by atoms with Gasteiger partial charge >= 0.3 is 0 Å². The lowest BCUT2D eigenvalue weighted by Gasteiger charge is -2.04. The number of anilines is 1. The first kappa shape index (κ1) is 14.4. The quantitative estimate of drug-likeness (QED) is 0.621. The fraction of sp³-hybridized carbons (Fsp3) is 0. The third-order valence-electron chi connectivity index (χ3n) is 3.35. The van der Waals surface area contributed by atoms with Gasteiger partial charge < -0.3 is 5.32 Å². The third kappa shape index (κ3) is 2.84. The minimum absolute atomic E-state index is 0.277. The highest BCUT2D eigenvalue weighted by atomic mass is 32.1. The summed E-state index contributed by atoms with van der Waals surface area (Å²) < 4.78 is 0. The zero-order chi connectivity index (χ0) is 16.4. The molecule has 0 spiro atoms. The van der Waals surface area contributed by atoms with Gasteiger partial charge in [0, 0.05) is 29.8 Å². The SMILES string of the molecule is O=C(Nc1ccc(-c2nc3cccnc3s2)cc1)c1cnccn1. The standard InChI is InChI=1S/C17H11N5OS/c23-15(14-10-18-8-9-19-14)21-12-5-3-11(4-6-12)16-22-13-2-1-7-20-17(13)24-16/h1-10H,(H,21,23). The minimum Gasteiger partial charge on any atom is -0.321 e. The second-order valence-corrected chi connectivity index (χ2v) is 5.95. The second kappa shape index (κ2) is 6.13. The van der Waals surface area contributed by atoms with E-state index in [1.165, 1.54) is 29.9 Å². The lowest BCUT2D eigenvalue weighted by atomic mass is 10.2. The average molecular weight is 333 g/mol. The summed E-state index contributed by atoms with van der Waals surface area (Å²) in [5.41, 5.74) is 2.83.